The molecule has 0 saturated carbocycles. The van der Waals surface area contributed by atoms with E-state index < -0.39 is 0 Å². The fourth-order valence-electron chi connectivity index (χ4n) is 2.32. The van der Waals surface area contributed by atoms with Gasteiger partial charge in [0.1, 0.15) is 0 Å². The van der Waals surface area contributed by atoms with Crippen molar-refractivity contribution in [3.8, 4) is 0 Å². The van der Waals surface area contributed by atoms with E-state index in [0.29, 0.717) is 29.9 Å². The molecule has 6 nitrogen and oxygen atoms in total. The molecule has 1 aliphatic rings. The summed E-state index contributed by atoms with van der Waals surface area (Å²) in [6.45, 7) is 9.82. The maximum absolute atomic E-state index is 12.2. The van der Waals surface area contributed by atoms with Crippen LogP contribution in [0.2, 0.25) is 0 Å². The third-order valence-corrected chi connectivity index (χ3v) is 4.61. The van der Waals surface area contributed by atoms with Crippen LogP contribution < -0.4 is 4.90 Å². The van der Waals surface area contributed by atoms with Gasteiger partial charge in [-0.25, -0.2) is 14.7 Å². The zero-order valence-corrected chi connectivity index (χ0v) is 16.1. The van der Waals surface area contributed by atoms with E-state index in [0.717, 1.165) is 12.0 Å². The predicted molar refractivity (Wildman–Crippen MR) is 98.4 cm³/mol. The van der Waals surface area contributed by atoms with Crippen molar-refractivity contribution in [1.82, 2.24) is 0 Å². The number of hydrogen-bond donors (Lipinski definition) is 0. The second-order valence-corrected chi connectivity index (χ2v) is 6.95. The number of rotatable bonds is 9. The van der Waals surface area contributed by atoms with Crippen LogP contribution in [0.1, 0.15) is 46.6 Å². The normalized spacial score (nSPS) is 15.3. The van der Waals surface area contributed by atoms with Gasteiger partial charge in [-0.2, -0.15) is 0 Å². The minimum absolute atomic E-state index is 0.0719. The first-order chi connectivity index (χ1) is 12.3. The molecule has 1 aliphatic heterocycles. The van der Waals surface area contributed by atoms with Gasteiger partial charge in [0.2, 0.25) is 0 Å². The Balaban J connectivity index is 1.78. The van der Waals surface area contributed by atoms with Gasteiger partial charge in [0, 0.05) is 11.1 Å². The van der Waals surface area contributed by atoms with Crippen LogP contribution in [-0.4, -0.2) is 30.8 Å². The van der Waals surface area contributed by atoms with E-state index in [1.165, 1.54) is 4.90 Å². The first-order valence-electron chi connectivity index (χ1n) is 8.80. The van der Waals surface area contributed by atoms with Gasteiger partial charge < -0.3 is 4.74 Å². The average Bonchev–Trinajstić information content (AvgIpc) is 2.82. The predicted octanol–water partition coefficient (Wildman–Crippen LogP) is 3.55. The lowest BCUT2D eigenvalue weighted by Crippen LogP contribution is -2.31. The monoisotopic (exact) mass is 361 g/mol. The lowest BCUT2D eigenvalue weighted by Gasteiger charge is -2.21. The van der Waals surface area contributed by atoms with E-state index >= 15 is 0 Å². The van der Waals surface area contributed by atoms with Crippen LogP contribution >= 0.6 is 0 Å². The number of carbonyl (C=O) groups excluding carboxylic acids is 2. The van der Waals surface area contributed by atoms with E-state index in [2.05, 4.69) is 0 Å². The zero-order chi connectivity index (χ0) is 19.3. The Morgan fingerprint density at radius 2 is 1.58 bits per heavy atom. The van der Waals surface area contributed by atoms with Gasteiger partial charge in [0.25, 0.3) is 11.8 Å². The molecule has 142 valence electrons. The van der Waals surface area contributed by atoms with Gasteiger partial charge in [-0.15, -0.1) is 0 Å². The largest absolute Gasteiger partial charge is 0.352 e. The van der Waals surface area contributed by atoms with Gasteiger partial charge in [-0.05, 0) is 58.2 Å². The van der Waals surface area contributed by atoms with Crippen LogP contribution in [0.5, 0.6) is 0 Å². The summed E-state index contributed by atoms with van der Waals surface area (Å²) in [6.07, 6.45) is 1.54. The van der Waals surface area contributed by atoms with Gasteiger partial charge >= 0.3 is 0 Å². The van der Waals surface area contributed by atoms with Crippen molar-refractivity contribution < 1.29 is 24.1 Å². The molecular weight excluding hydrogens is 334 g/mol. The molecular formula is C20H27NO5. The van der Waals surface area contributed by atoms with E-state index in [9.17, 15) is 9.59 Å². The van der Waals surface area contributed by atoms with E-state index in [4.69, 9.17) is 14.5 Å². The molecule has 0 N–H and O–H groups in total. The van der Waals surface area contributed by atoms with E-state index in [-0.39, 0.29) is 24.2 Å². The highest BCUT2D eigenvalue weighted by Crippen LogP contribution is 2.26. The third kappa shape index (κ3) is 4.78. The van der Waals surface area contributed by atoms with Gasteiger partial charge in [0.05, 0.1) is 17.9 Å². The Bertz CT molecular complexity index is 667. The number of benzene rings is 1. The number of carbonyl (C=O) groups is 2. The Hall–Kier alpha value is -2.02. The Morgan fingerprint density at radius 3 is 2.12 bits per heavy atom. The Kier molecular flexibility index (Phi) is 6.69. The van der Waals surface area contributed by atoms with Crippen LogP contribution in [0, 0.1) is 0 Å². The lowest BCUT2D eigenvalue weighted by atomic mass is 10.1. The van der Waals surface area contributed by atoms with Gasteiger partial charge in [-0.3, -0.25) is 9.59 Å². The number of anilines is 1. The van der Waals surface area contributed by atoms with Crippen LogP contribution in [0.15, 0.2) is 35.4 Å². The number of imide groups is 1. The average molecular weight is 361 g/mol. The molecule has 0 saturated heterocycles. The molecule has 1 aromatic rings. The van der Waals surface area contributed by atoms with Crippen molar-refractivity contribution in [3.05, 3.63) is 41.0 Å². The second-order valence-electron chi connectivity index (χ2n) is 6.95. The smallest absolute Gasteiger partial charge is 0.261 e. The Morgan fingerprint density at radius 1 is 1.00 bits per heavy atom. The van der Waals surface area contributed by atoms with Crippen molar-refractivity contribution in [2.75, 3.05) is 18.3 Å². The van der Waals surface area contributed by atoms with Crippen LogP contribution in [0.4, 0.5) is 5.69 Å². The highest BCUT2D eigenvalue weighted by Gasteiger charge is 2.34. The third-order valence-electron chi connectivity index (χ3n) is 4.61. The highest BCUT2D eigenvalue weighted by molar-refractivity contribution is 6.32. The minimum atomic E-state index is -0.324. The van der Waals surface area contributed by atoms with Crippen LogP contribution in [-0.2, 0) is 30.5 Å². The summed E-state index contributed by atoms with van der Waals surface area (Å²) in [5.41, 5.74) is 2.31. The molecule has 1 aromatic carbocycles. The molecule has 1 heterocycles. The summed E-state index contributed by atoms with van der Waals surface area (Å²) in [7, 11) is 0. The SMILES string of the molecule is CCC(C)(C)OOCOCCc1ccc(N2C(=O)C(C)=C(C)C2=O)cc1. The summed E-state index contributed by atoms with van der Waals surface area (Å²) in [5, 5.41) is 0. The molecule has 0 radical (unpaired) electrons. The quantitative estimate of drug-likeness (QED) is 0.221. The number of amides is 2. The van der Waals surface area contributed by atoms with Crippen molar-refractivity contribution >= 4 is 17.5 Å². The molecule has 2 amide bonds. The number of nitrogens with zero attached hydrogens (tertiary/aromatic N) is 1. The first-order valence-corrected chi connectivity index (χ1v) is 8.80. The molecule has 0 unspecified atom stereocenters. The molecule has 2 rings (SSSR count). The summed E-state index contributed by atoms with van der Waals surface area (Å²) in [4.78, 5) is 35.9. The maximum Gasteiger partial charge on any atom is 0.261 e. The zero-order valence-electron chi connectivity index (χ0n) is 16.1. The fourth-order valence-corrected chi connectivity index (χ4v) is 2.32. The van der Waals surface area contributed by atoms with Crippen LogP contribution in [0.3, 0.4) is 0 Å². The maximum atomic E-state index is 12.2. The topological polar surface area (TPSA) is 65.1 Å². The molecule has 0 aromatic heterocycles. The first kappa shape index (κ1) is 20.3. The highest BCUT2D eigenvalue weighted by atomic mass is 17.2. The fraction of sp³-hybridized carbons (Fsp3) is 0.500. The lowest BCUT2D eigenvalue weighted by molar-refractivity contribution is -0.384. The van der Waals surface area contributed by atoms with Crippen molar-refractivity contribution in [2.24, 2.45) is 0 Å². The summed E-state index contributed by atoms with van der Waals surface area (Å²) < 4.78 is 5.40. The van der Waals surface area contributed by atoms with Crippen molar-refractivity contribution in [1.29, 1.82) is 0 Å². The van der Waals surface area contributed by atoms with E-state index in [1.54, 1.807) is 26.0 Å². The summed E-state index contributed by atoms with van der Waals surface area (Å²) in [5.74, 6) is -0.508. The summed E-state index contributed by atoms with van der Waals surface area (Å²) in [6, 6.07) is 7.33. The van der Waals surface area contributed by atoms with Gasteiger partial charge in [0.15, 0.2) is 6.79 Å². The molecule has 0 aliphatic carbocycles. The minimum Gasteiger partial charge on any atom is -0.352 e. The molecule has 0 bridgehead atoms. The molecule has 0 atom stereocenters. The Labute approximate surface area is 154 Å². The van der Waals surface area contributed by atoms with Crippen molar-refractivity contribution in [2.45, 2.75) is 53.1 Å². The summed E-state index contributed by atoms with van der Waals surface area (Å²) >= 11 is 0. The number of ether oxygens (including phenoxy) is 1. The molecule has 6 heteroatoms. The molecule has 26 heavy (non-hydrogen) atoms. The standard InChI is InChI=1S/C20H27NO5/c1-6-20(4,5)26-25-13-24-12-11-16-7-9-17(10-8-16)21-18(22)14(2)15(3)19(21)23/h7-10H,6,11-13H2,1-5H3. The number of hydrogen-bond acceptors (Lipinski definition) is 5. The molecule has 0 fully saturated rings. The van der Waals surface area contributed by atoms with Crippen LogP contribution in [0.25, 0.3) is 0 Å². The van der Waals surface area contributed by atoms with E-state index in [1.807, 2.05) is 32.9 Å². The van der Waals surface area contributed by atoms with Crippen molar-refractivity contribution in [3.63, 3.8) is 0 Å². The molecule has 0 spiro atoms. The second kappa shape index (κ2) is 8.58. The van der Waals surface area contributed by atoms with Gasteiger partial charge in [-0.1, -0.05) is 19.1 Å².